The summed E-state index contributed by atoms with van der Waals surface area (Å²) in [6, 6.07) is 7.38. The van der Waals surface area contributed by atoms with Crippen molar-refractivity contribution >= 4 is 27.5 Å². The summed E-state index contributed by atoms with van der Waals surface area (Å²) in [5.74, 6) is -0.0603. The van der Waals surface area contributed by atoms with E-state index in [0.29, 0.717) is 30.9 Å². The number of benzene rings is 1. The van der Waals surface area contributed by atoms with E-state index in [0.717, 1.165) is 43.0 Å². The molecule has 1 N–H and O–H groups in total. The zero-order chi connectivity index (χ0) is 27.0. The van der Waals surface area contributed by atoms with Gasteiger partial charge in [0.05, 0.1) is 0 Å². The van der Waals surface area contributed by atoms with E-state index in [1.165, 1.54) is 0 Å². The van der Waals surface area contributed by atoms with E-state index in [9.17, 15) is 27.5 Å². The SMILES string of the molecule is O=C(CC1CC(O)(C(F)(F)F)C1)N(CC12CCC(c3noc(C4(F)CC4)n3)(CC1)CC2)c1cccc(Br)c1. The van der Waals surface area contributed by atoms with Crippen LogP contribution in [0.1, 0.15) is 82.3 Å². The zero-order valence-corrected chi connectivity index (χ0v) is 22.5. The smallest absolute Gasteiger partial charge is 0.380 e. The first-order valence-electron chi connectivity index (χ1n) is 13.2. The maximum absolute atomic E-state index is 14.4. The molecule has 6 nitrogen and oxygen atoms in total. The highest BCUT2D eigenvalue weighted by atomic mass is 79.9. The van der Waals surface area contributed by atoms with Crippen LogP contribution in [0, 0.1) is 11.3 Å². The van der Waals surface area contributed by atoms with Crippen molar-refractivity contribution in [2.24, 2.45) is 11.3 Å². The Morgan fingerprint density at radius 3 is 2.34 bits per heavy atom. The van der Waals surface area contributed by atoms with E-state index in [4.69, 9.17) is 4.52 Å². The Morgan fingerprint density at radius 2 is 1.76 bits per heavy atom. The second kappa shape index (κ2) is 8.74. The quantitative estimate of drug-likeness (QED) is 0.367. The molecule has 0 unspecified atom stereocenters. The Balaban J connectivity index is 1.17. The van der Waals surface area contributed by atoms with Crippen molar-refractivity contribution in [1.82, 2.24) is 10.1 Å². The average molecular weight is 600 g/mol. The van der Waals surface area contributed by atoms with Gasteiger partial charge in [0.25, 0.3) is 5.89 Å². The summed E-state index contributed by atoms with van der Waals surface area (Å²) in [5, 5.41) is 14.0. The summed E-state index contributed by atoms with van der Waals surface area (Å²) in [6.45, 7) is 0.472. The Hall–Kier alpha value is -2.01. The Morgan fingerprint density at radius 1 is 1.11 bits per heavy atom. The number of amides is 1. The first kappa shape index (κ1) is 26.2. The molecule has 0 atom stereocenters. The Kier molecular flexibility index (Phi) is 6.04. The molecule has 2 aromatic rings. The van der Waals surface area contributed by atoms with E-state index in [2.05, 4.69) is 26.1 Å². The van der Waals surface area contributed by atoms with Crippen LogP contribution in [0.2, 0.25) is 0 Å². The van der Waals surface area contributed by atoms with Crippen molar-refractivity contribution in [3.05, 3.63) is 40.5 Å². The van der Waals surface area contributed by atoms with Crippen LogP contribution in [0.15, 0.2) is 33.3 Å². The molecule has 5 aliphatic rings. The van der Waals surface area contributed by atoms with E-state index < -0.39 is 36.2 Å². The molecule has 2 bridgehead atoms. The highest BCUT2D eigenvalue weighted by molar-refractivity contribution is 9.10. The summed E-state index contributed by atoms with van der Waals surface area (Å²) in [4.78, 5) is 19.7. The predicted molar refractivity (Wildman–Crippen MR) is 133 cm³/mol. The van der Waals surface area contributed by atoms with Gasteiger partial charge in [-0.05, 0) is 93.7 Å². The lowest BCUT2D eigenvalue weighted by atomic mass is 9.53. The number of aromatic nitrogens is 2. The molecule has 5 saturated carbocycles. The number of anilines is 1. The third-order valence-corrected chi connectivity index (χ3v) is 10.0. The summed E-state index contributed by atoms with van der Waals surface area (Å²) >= 11 is 3.46. The van der Waals surface area contributed by atoms with Gasteiger partial charge in [-0.2, -0.15) is 18.2 Å². The molecule has 1 aromatic heterocycles. The highest BCUT2D eigenvalue weighted by Crippen LogP contribution is 2.58. The van der Waals surface area contributed by atoms with Crippen LogP contribution >= 0.6 is 15.9 Å². The van der Waals surface area contributed by atoms with E-state index in [1.54, 1.807) is 4.90 Å². The molecule has 0 aliphatic heterocycles. The topological polar surface area (TPSA) is 79.5 Å². The number of carbonyl (C=O) groups excluding carboxylic acids is 1. The average Bonchev–Trinajstić information content (AvgIpc) is 3.39. The summed E-state index contributed by atoms with van der Waals surface area (Å²) in [6.07, 6.45) is 0.168. The Labute approximate surface area is 226 Å². The van der Waals surface area contributed by atoms with E-state index in [1.807, 2.05) is 24.3 Å². The van der Waals surface area contributed by atoms with Gasteiger partial charge in [0.2, 0.25) is 5.91 Å². The van der Waals surface area contributed by atoms with Crippen molar-refractivity contribution < 1.29 is 32.0 Å². The van der Waals surface area contributed by atoms with Crippen molar-refractivity contribution in [1.29, 1.82) is 0 Å². The second-order valence-corrected chi connectivity index (χ2v) is 13.1. The molecule has 7 rings (SSSR count). The molecule has 0 spiro atoms. The summed E-state index contributed by atoms with van der Waals surface area (Å²) in [5.41, 5.74) is -3.82. The number of halogens is 5. The van der Waals surface area contributed by atoms with Crippen LogP contribution in [0.5, 0.6) is 0 Å². The molecular weight excluding hydrogens is 570 g/mol. The lowest BCUT2D eigenvalue weighted by Crippen LogP contribution is -2.56. The van der Waals surface area contributed by atoms with Crippen molar-refractivity contribution in [2.45, 2.75) is 93.5 Å². The van der Waals surface area contributed by atoms with E-state index >= 15 is 0 Å². The molecule has 38 heavy (non-hydrogen) atoms. The Bertz CT molecular complexity index is 1210. The number of fused-ring (bicyclic) bond motifs is 3. The lowest BCUT2D eigenvalue weighted by molar-refractivity contribution is -0.298. The number of carbonyl (C=O) groups is 1. The molecule has 1 aromatic carbocycles. The minimum atomic E-state index is -4.69. The number of alkyl halides is 4. The maximum Gasteiger partial charge on any atom is 0.417 e. The van der Waals surface area contributed by atoms with Gasteiger partial charge in [-0.15, -0.1) is 0 Å². The van der Waals surface area contributed by atoms with Crippen LogP contribution in [0.25, 0.3) is 0 Å². The second-order valence-electron chi connectivity index (χ2n) is 12.1. The lowest BCUT2D eigenvalue weighted by Gasteiger charge is -2.53. The van der Waals surface area contributed by atoms with Gasteiger partial charge in [-0.1, -0.05) is 27.2 Å². The molecule has 5 fully saturated rings. The molecule has 206 valence electrons. The van der Waals surface area contributed by atoms with Gasteiger partial charge in [0.1, 0.15) is 0 Å². The third kappa shape index (κ3) is 4.47. The van der Waals surface area contributed by atoms with Gasteiger partial charge < -0.3 is 14.5 Å². The molecule has 1 heterocycles. The van der Waals surface area contributed by atoms with E-state index in [-0.39, 0.29) is 29.0 Å². The number of aliphatic hydroxyl groups is 1. The number of hydrogen-bond donors (Lipinski definition) is 1. The van der Waals surface area contributed by atoms with Crippen LogP contribution in [0.4, 0.5) is 23.2 Å². The predicted octanol–water partition coefficient (Wildman–Crippen LogP) is 6.51. The highest BCUT2D eigenvalue weighted by Gasteiger charge is 2.61. The fourth-order valence-electron chi connectivity index (χ4n) is 6.71. The first-order chi connectivity index (χ1) is 17.8. The number of nitrogens with zero attached hydrogens (tertiary/aromatic N) is 3. The summed E-state index contributed by atoms with van der Waals surface area (Å²) in [7, 11) is 0. The standard InChI is InChI=1S/C27H30BrF4N3O3/c28-18-2-1-3-19(13-18)35(20(36)12-17-14-26(37,15-17)27(30,31)32)16-23-4-7-24(8-5-23,9-6-23)21-33-22(38-34-21)25(29)10-11-25/h1-3,13,17,37H,4-12,14-16H2. The van der Waals surface area contributed by atoms with Crippen molar-refractivity contribution in [3.63, 3.8) is 0 Å². The normalized spacial score (nSPS) is 33.6. The molecular formula is C27H30BrF4N3O3. The van der Waals surface area contributed by atoms with Gasteiger partial charge >= 0.3 is 6.18 Å². The molecule has 0 radical (unpaired) electrons. The van der Waals surface area contributed by atoms with Gasteiger partial charge in [0.15, 0.2) is 17.1 Å². The minimum absolute atomic E-state index is 0.0401. The van der Waals surface area contributed by atoms with Crippen molar-refractivity contribution in [3.8, 4) is 0 Å². The first-order valence-corrected chi connectivity index (χ1v) is 14.0. The number of rotatable bonds is 7. The van der Waals surface area contributed by atoms with Crippen LogP contribution in [0.3, 0.4) is 0 Å². The molecule has 0 saturated heterocycles. The molecule has 11 heteroatoms. The van der Waals surface area contributed by atoms with Crippen LogP contribution < -0.4 is 4.90 Å². The van der Waals surface area contributed by atoms with Gasteiger partial charge in [-0.3, -0.25) is 4.79 Å². The van der Waals surface area contributed by atoms with Crippen LogP contribution in [-0.2, 0) is 15.9 Å². The largest absolute Gasteiger partial charge is 0.417 e. The van der Waals surface area contributed by atoms with Crippen molar-refractivity contribution in [2.75, 3.05) is 11.4 Å². The zero-order valence-electron chi connectivity index (χ0n) is 20.9. The molecule has 5 aliphatic carbocycles. The maximum atomic E-state index is 14.4. The van der Waals surface area contributed by atoms with Gasteiger partial charge in [0, 0.05) is 28.5 Å². The third-order valence-electron chi connectivity index (χ3n) is 9.53. The summed E-state index contributed by atoms with van der Waals surface area (Å²) < 4.78 is 59.8. The fraction of sp³-hybridized carbons (Fsp3) is 0.667. The number of hydrogen-bond acceptors (Lipinski definition) is 5. The molecule has 1 amide bonds. The fourth-order valence-corrected chi connectivity index (χ4v) is 7.10. The van der Waals surface area contributed by atoms with Gasteiger partial charge in [-0.25, -0.2) is 4.39 Å². The monoisotopic (exact) mass is 599 g/mol. The minimum Gasteiger partial charge on any atom is -0.380 e. The van der Waals surface area contributed by atoms with Crippen LogP contribution in [-0.4, -0.2) is 39.5 Å².